The summed E-state index contributed by atoms with van der Waals surface area (Å²) in [6.07, 6.45) is 0. The minimum Gasteiger partial charge on any atom is -0.395 e. The van der Waals surface area contributed by atoms with Crippen molar-refractivity contribution >= 4 is 11.6 Å². The lowest BCUT2D eigenvalue weighted by molar-refractivity contribution is 0.178. The van der Waals surface area contributed by atoms with Crippen molar-refractivity contribution in [3.8, 4) is 0 Å². The van der Waals surface area contributed by atoms with Gasteiger partial charge >= 0.3 is 0 Å². The van der Waals surface area contributed by atoms with Crippen LogP contribution in [0.25, 0.3) is 0 Å². The Morgan fingerprint density at radius 3 is 2.72 bits per heavy atom. The van der Waals surface area contributed by atoms with Crippen molar-refractivity contribution in [1.82, 2.24) is 9.97 Å². The highest BCUT2D eigenvalue weighted by Crippen LogP contribution is 2.18. The third kappa shape index (κ3) is 3.80. The number of aliphatic hydroxyl groups excluding tert-OH is 1. The Morgan fingerprint density at radius 1 is 1.50 bits per heavy atom. The number of nitrogen functional groups attached to an aromatic ring is 1. The van der Waals surface area contributed by atoms with Crippen LogP contribution in [-0.4, -0.2) is 41.4 Å². The smallest absolute Gasteiger partial charge is 0.158 e. The number of nitrogens with zero attached hydrogens (tertiary/aromatic N) is 3. The summed E-state index contributed by atoms with van der Waals surface area (Å²) < 4.78 is 5.02. The van der Waals surface area contributed by atoms with Gasteiger partial charge in [0.15, 0.2) is 5.82 Å². The Balaban J connectivity index is 3.07. The predicted molar refractivity (Wildman–Crippen MR) is 70.1 cm³/mol. The van der Waals surface area contributed by atoms with Crippen LogP contribution in [0.3, 0.4) is 0 Å². The van der Waals surface area contributed by atoms with Crippen LogP contribution in [0.1, 0.15) is 19.7 Å². The molecule has 1 rings (SSSR count). The zero-order valence-corrected chi connectivity index (χ0v) is 11.1. The summed E-state index contributed by atoms with van der Waals surface area (Å²) in [5, 5.41) is 9.10. The van der Waals surface area contributed by atoms with E-state index in [9.17, 15) is 0 Å². The third-order valence-corrected chi connectivity index (χ3v) is 2.44. The number of hydrogen-bond donors (Lipinski definition) is 3. The number of ether oxygens (including phenoxy) is 1. The maximum atomic E-state index is 9.10. The second-order valence-corrected chi connectivity index (χ2v) is 4.12. The lowest BCUT2D eigenvalue weighted by Crippen LogP contribution is -2.34. The minimum absolute atomic E-state index is 0.0627. The minimum atomic E-state index is 0.0627. The van der Waals surface area contributed by atoms with Crippen LogP contribution >= 0.6 is 0 Å². The molecular formula is C11H21N5O2. The van der Waals surface area contributed by atoms with Gasteiger partial charge in [0, 0.05) is 25.8 Å². The van der Waals surface area contributed by atoms with Crippen molar-refractivity contribution in [2.45, 2.75) is 26.5 Å². The molecule has 18 heavy (non-hydrogen) atoms. The number of methoxy groups -OCH3 is 1. The van der Waals surface area contributed by atoms with Crippen LogP contribution in [0.5, 0.6) is 0 Å². The quantitative estimate of drug-likeness (QED) is 0.470. The number of hydrazine groups is 1. The van der Waals surface area contributed by atoms with Crippen molar-refractivity contribution in [3.63, 3.8) is 0 Å². The zero-order valence-electron chi connectivity index (χ0n) is 11.1. The van der Waals surface area contributed by atoms with Crippen molar-refractivity contribution in [2.24, 2.45) is 5.84 Å². The summed E-state index contributed by atoms with van der Waals surface area (Å²) in [5.74, 6) is 7.17. The molecule has 1 heterocycles. The van der Waals surface area contributed by atoms with E-state index in [-0.39, 0.29) is 12.6 Å². The Kier molecular flexibility index (Phi) is 5.76. The fourth-order valence-electron chi connectivity index (χ4n) is 1.64. The van der Waals surface area contributed by atoms with Gasteiger partial charge in [-0.1, -0.05) is 0 Å². The van der Waals surface area contributed by atoms with E-state index in [2.05, 4.69) is 15.4 Å². The summed E-state index contributed by atoms with van der Waals surface area (Å²) in [6.45, 7) is 4.94. The first-order chi connectivity index (χ1) is 8.62. The fraction of sp³-hybridized carbons (Fsp3) is 0.636. The summed E-state index contributed by atoms with van der Waals surface area (Å²) in [6, 6.07) is 1.96. The number of rotatable bonds is 7. The van der Waals surface area contributed by atoms with Crippen molar-refractivity contribution in [2.75, 3.05) is 30.6 Å². The summed E-state index contributed by atoms with van der Waals surface area (Å²) in [5.41, 5.74) is 2.51. The molecule has 7 nitrogen and oxygen atoms in total. The van der Waals surface area contributed by atoms with Gasteiger partial charge in [0.2, 0.25) is 0 Å². The summed E-state index contributed by atoms with van der Waals surface area (Å²) in [7, 11) is 1.58. The highest BCUT2D eigenvalue weighted by Gasteiger charge is 2.14. The Hall–Kier alpha value is -1.44. The molecule has 0 unspecified atom stereocenters. The van der Waals surface area contributed by atoms with E-state index in [1.807, 2.05) is 18.7 Å². The van der Waals surface area contributed by atoms with E-state index in [0.29, 0.717) is 30.6 Å². The van der Waals surface area contributed by atoms with E-state index in [0.717, 1.165) is 0 Å². The molecule has 0 atom stereocenters. The third-order valence-electron chi connectivity index (χ3n) is 2.44. The van der Waals surface area contributed by atoms with Gasteiger partial charge in [-0.3, -0.25) is 0 Å². The first kappa shape index (κ1) is 14.6. The first-order valence-corrected chi connectivity index (χ1v) is 5.83. The normalized spacial score (nSPS) is 10.8. The zero-order chi connectivity index (χ0) is 13.5. The molecular weight excluding hydrogens is 234 g/mol. The number of nitrogens with two attached hydrogens (primary N) is 1. The highest BCUT2D eigenvalue weighted by atomic mass is 16.5. The Labute approximate surface area is 107 Å². The van der Waals surface area contributed by atoms with E-state index in [1.165, 1.54) is 0 Å². The van der Waals surface area contributed by atoms with Crippen LogP contribution in [0.4, 0.5) is 11.6 Å². The maximum Gasteiger partial charge on any atom is 0.158 e. The SMILES string of the molecule is COCc1nc(NN)cc(N(CCO)C(C)C)n1. The van der Waals surface area contributed by atoms with Gasteiger partial charge in [0.1, 0.15) is 18.2 Å². The molecule has 4 N–H and O–H groups in total. The maximum absolute atomic E-state index is 9.10. The molecule has 102 valence electrons. The van der Waals surface area contributed by atoms with Gasteiger partial charge in [-0.15, -0.1) is 0 Å². The second kappa shape index (κ2) is 7.10. The van der Waals surface area contributed by atoms with Gasteiger partial charge in [-0.25, -0.2) is 15.8 Å². The topological polar surface area (TPSA) is 96.5 Å². The molecule has 1 aromatic heterocycles. The fourth-order valence-corrected chi connectivity index (χ4v) is 1.64. The number of hydrogen-bond acceptors (Lipinski definition) is 7. The summed E-state index contributed by atoms with van der Waals surface area (Å²) in [4.78, 5) is 10.6. The second-order valence-electron chi connectivity index (χ2n) is 4.12. The monoisotopic (exact) mass is 255 g/mol. The molecule has 0 saturated heterocycles. The largest absolute Gasteiger partial charge is 0.395 e. The number of aromatic nitrogens is 2. The van der Waals surface area contributed by atoms with Crippen LogP contribution in [0.15, 0.2) is 6.07 Å². The lowest BCUT2D eigenvalue weighted by Gasteiger charge is -2.27. The van der Waals surface area contributed by atoms with Gasteiger partial charge < -0.3 is 20.2 Å². The molecule has 0 fully saturated rings. The highest BCUT2D eigenvalue weighted by molar-refractivity contribution is 5.49. The van der Waals surface area contributed by atoms with Crippen molar-refractivity contribution < 1.29 is 9.84 Å². The van der Waals surface area contributed by atoms with E-state index >= 15 is 0 Å². The van der Waals surface area contributed by atoms with Gasteiger partial charge in [0.25, 0.3) is 0 Å². The average molecular weight is 255 g/mol. The number of anilines is 2. The molecule has 0 bridgehead atoms. The van der Waals surface area contributed by atoms with Crippen molar-refractivity contribution in [1.29, 1.82) is 0 Å². The standard InChI is InChI=1S/C11H21N5O2/c1-8(2)16(4-5-17)11-6-9(15-12)13-10(14-11)7-18-3/h6,8,17H,4-5,7,12H2,1-3H3,(H,13,14,15). The average Bonchev–Trinajstić information content (AvgIpc) is 2.35. The van der Waals surface area contributed by atoms with E-state index in [4.69, 9.17) is 15.7 Å². The molecule has 0 saturated carbocycles. The molecule has 7 heteroatoms. The number of nitrogens with one attached hydrogen (secondary N) is 1. The first-order valence-electron chi connectivity index (χ1n) is 5.83. The van der Waals surface area contributed by atoms with Crippen molar-refractivity contribution in [3.05, 3.63) is 11.9 Å². The van der Waals surface area contributed by atoms with E-state index < -0.39 is 0 Å². The summed E-state index contributed by atoms with van der Waals surface area (Å²) >= 11 is 0. The molecule has 0 radical (unpaired) electrons. The molecule has 0 aliphatic heterocycles. The number of aliphatic hydroxyl groups is 1. The molecule has 1 aromatic rings. The van der Waals surface area contributed by atoms with Crippen LogP contribution in [0, 0.1) is 0 Å². The van der Waals surface area contributed by atoms with Gasteiger partial charge in [-0.05, 0) is 13.8 Å². The van der Waals surface area contributed by atoms with Gasteiger partial charge in [0.05, 0.1) is 6.61 Å². The molecule has 0 aliphatic carbocycles. The molecule has 0 aromatic carbocycles. The molecule has 0 amide bonds. The predicted octanol–water partition coefficient (Wildman–Crippen LogP) is 0.116. The molecule has 0 spiro atoms. The van der Waals surface area contributed by atoms with Crippen LogP contribution < -0.4 is 16.2 Å². The van der Waals surface area contributed by atoms with Crippen LogP contribution in [-0.2, 0) is 11.3 Å². The van der Waals surface area contributed by atoms with Crippen LogP contribution in [0.2, 0.25) is 0 Å². The molecule has 0 aliphatic rings. The van der Waals surface area contributed by atoms with Gasteiger partial charge in [-0.2, -0.15) is 0 Å². The lowest BCUT2D eigenvalue weighted by atomic mass is 10.3. The Morgan fingerprint density at radius 2 is 2.22 bits per heavy atom. The van der Waals surface area contributed by atoms with E-state index in [1.54, 1.807) is 13.2 Å². The Bertz CT molecular complexity index is 372.